The Kier molecular flexibility index (Phi) is 7.78. The summed E-state index contributed by atoms with van der Waals surface area (Å²) in [4.78, 5) is 26.2. The molecule has 0 atom stereocenters. The van der Waals surface area contributed by atoms with Crippen LogP contribution in [0.4, 0.5) is 0 Å². The van der Waals surface area contributed by atoms with Crippen LogP contribution in [0.25, 0.3) is 5.69 Å². The number of rotatable bonds is 11. The zero-order valence-corrected chi connectivity index (χ0v) is 19.2. The summed E-state index contributed by atoms with van der Waals surface area (Å²) in [5.41, 5.74) is 0.715. The van der Waals surface area contributed by atoms with Crippen molar-refractivity contribution in [2.24, 2.45) is 0 Å². The molecule has 0 radical (unpaired) electrons. The number of hydrogen-bond donors (Lipinski definition) is 1. The van der Waals surface area contributed by atoms with E-state index in [0.29, 0.717) is 11.3 Å². The predicted molar refractivity (Wildman–Crippen MR) is 120 cm³/mol. The van der Waals surface area contributed by atoms with E-state index >= 15 is 0 Å². The molecule has 0 saturated heterocycles. The second-order valence-corrected chi connectivity index (χ2v) is 9.74. The number of sulfonamides is 1. The number of aromatic nitrogens is 2. The van der Waals surface area contributed by atoms with Gasteiger partial charge >= 0.3 is 5.97 Å². The third-order valence-electron chi connectivity index (χ3n) is 4.20. The predicted octanol–water partition coefficient (Wildman–Crippen LogP) is 2.46. The maximum absolute atomic E-state index is 12.6. The van der Waals surface area contributed by atoms with E-state index in [1.54, 1.807) is 19.1 Å². The summed E-state index contributed by atoms with van der Waals surface area (Å²) < 4.78 is 36.9. The van der Waals surface area contributed by atoms with Crippen LogP contribution in [-0.4, -0.2) is 56.0 Å². The van der Waals surface area contributed by atoms with E-state index in [9.17, 15) is 18.0 Å². The van der Waals surface area contributed by atoms with Gasteiger partial charge in [-0.1, -0.05) is 18.2 Å². The molecule has 11 heteroatoms. The van der Waals surface area contributed by atoms with Gasteiger partial charge in [0.05, 0.1) is 29.6 Å². The van der Waals surface area contributed by atoms with Crippen LogP contribution in [0.2, 0.25) is 0 Å². The Morgan fingerprint density at radius 3 is 2.59 bits per heavy atom. The molecular formula is C21H23N3O6S2. The van der Waals surface area contributed by atoms with Crippen molar-refractivity contribution in [1.29, 1.82) is 0 Å². The normalized spacial score (nSPS) is 11.3. The zero-order valence-electron chi connectivity index (χ0n) is 17.6. The lowest BCUT2D eigenvalue weighted by molar-refractivity contribution is 0.0513. The van der Waals surface area contributed by atoms with E-state index in [4.69, 9.17) is 9.47 Å². The number of ketones is 1. The molecule has 3 aromatic rings. The van der Waals surface area contributed by atoms with Crippen LogP contribution in [0.3, 0.4) is 0 Å². The molecular weight excluding hydrogens is 454 g/mol. The number of para-hydroxylation sites is 1. The molecule has 0 aliphatic rings. The van der Waals surface area contributed by atoms with Gasteiger partial charge in [-0.3, -0.25) is 4.79 Å². The first-order valence-corrected chi connectivity index (χ1v) is 12.5. The Balaban J connectivity index is 1.68. The summed E-state index contributed by atoms with van der Waals surface area (Å²) in [5.74, 6) is -0.754. The smallest absolute Gasteiger partial charge is 0.362 e. The molecule has 0 saturated carbocycles. The zero-order chi connectivity index (χ0) is 23.1. The minimum Gasteiger partial charge on any atom is -0.481 e. The second-order valence-electron chi connectivity index (χ2n) is 6.74. The van der Waals surface area contributed by atoms with Crippen LogP contribution in [0.5, 0.6) is 5.75 Å². The standard InChI is InChI=1S/C21H23N3O6S2/c1-3-29-21(26)20-18(13-24(23-20)15-7-5-4-6-8-15)30-14-17(25)19-10-9-16(31-19)11-12-22-32(2,27)28/h4-10,13,22H,3,11-12,14H2,1-2H3. The number of hydrogen-bond acceptors (Lipinski definition) is 8. The van der Waals surface area contributed by atoms with Crippen LogP contribution in [0.15, 0.2) is 48.7 Å². The monoisotopic (exact) mass is 477 g/mol. The van der Waals surface area contributed by atoms with Crippen molar-refractivity contribution < 1.29 is 27.5 Å². The third kappa shape index (κ3) is 6.49. The fourth-order valence-electron chi connectivity index (χ4n) is 2.75. The van der Waals surface area contributed by atoms with Crippen molar-refractivity contribution in [2.45, 2.75) is 13.3 Å². The lowest BCUT2D eigenvalue weighted by atomic mass is 10.3. The van der Waals surface area contributed by atoms with Crippen molar-refractivity contribution in [3.8, 4) is 11.4 Å². The van der Waals surface area contributed by atoms with Gasteiger partial charge in [-0.15, -0.1) is 11.3 Å². The highest BCUT2D eigenvalue weighted by Crippen LogP contribution is 2.22. The van der Waals surface area contributed by atoms with Gasteiger partial charge in [0.25, 0.3) is 0 Å². The highest BCUT2D eigenvalue weighted by Gasteiger charge is 2.21. The van der Waals surface area contributed by atoms with E-state index in [0.717, 1.165) is 16.8 Å². The van der Waals surface area contributed by atoms with Crippen molar-refractivity contribution in [2.75, 3.05) is 26.0 Å². The number of carbonyl (C=O) groups excluding carboxylic acids is 2. The van der Waals surface area contributed by atoms with Gasteiger partial charge in [-0.25, -0.2) is 22.6 Å². The van der Waals surface area contributed by atoms with Gasteiger partial charge in [0.1, 0.15) is 0 Å². The Bertz CT molecular complexity index is 1190. The van der Waals surface area contributed by atoms with Gasteiger partial charge in [-0.05, 0) is 37.6 Å². The Morgan fingerprint density at radius 1 is 1.16 bits per heavy atom. The number of benzene rings is 1. The minimum absolute atomic E-state index is 0.0118. The van der Waals surface area contributed by atoms with Crippen LogP contribution in [0, 0.1) is 0 Å². The van der Waals surface area contributed by atoms with Gasteiger partial charge in [0.15, 0.2) is 12.4 Å². The first-order chi connectivity index (χ1) is 15.3. The molecule has 3 rings (SSSR count). The first-order valence-electron chi connectivity index (χ1n) is 9.78. The number of nitrogens with one attached hydrogen (secondary N) is 1. The van der Waals surface area contributed by atoms with E-state index in [-0.39, 0.29) is 37.0 Å². The number of Topliss-reactive ketones (excluding diaryl/α,β-unsaturated/α-hetero) is 1. The highest BCUT2D eigenvalue weighted by atomic mass is 32.2. The summed E-state index contributed by atoms with van der Waals surface area (Å²) in [6.45, 7) is 1.84. The lowest BCUT2D eigenvalue weighted by Crippen LogP contribution is -2.24. The minimum atomic E-state index is -3.25. The average Bonchev–Trinajstić information content (AvgIpc) is 3.39. The number of ether oxygens (including phenoxy) is 2. The maximum Gasteiger partial charge on any atom is 0.362 e. The van der Waals surface area contributed by atoms with Gasteiger partial charge in [-0.2, -0.15) is 5.10 Å². The molecule has 1 aromatic carbocycles. The molecule has 0 bridgehead atoms. The van der Waals surface area contributed by atoms with Gasteiger partial charge in [0, 0.05) is 11.4 Å². The molecule has 170 valence electrons. The van der Waals surface area contributed by atoms with Crippen molar-refractivity contribution in [3.05, 3.63) is 64.1 Å². The largest absolute Gasteiger partial charge is 0.481 e. The van der Waals surface area contributed by atoms with Gasteiger partial charge in [0.2, 0.25) is 21.5 Å². The summed E-state index contributed by atoms with van der Waals surface area (Å²) in [6.07, 6.45) is 3.10. The quantitative estimate of drug-likeness (QED) is 0.333. The molecule has 0 fully saturated rings. The van der Waals surface area contributed by atoms with Crippen LogP contribution >= 0.6 is 11.3 Å². The van der Waals surface area contributed by atoms with E-state index < -0.39 is 16.0 Å². The second kappa shape index (κ2) is 10.5. The summed E-state index contributed by atoms with van der Waals surface area (Å²) >= 11 is 1.27. The molecule has 9 nitrogen and oxygen atoms in total. The van der Waals surface area contributed by atoms with Crippen LogP contribution < -0.4 is 9.46 Å². The van der Waals surface area contributed by atoms with Crippen molar-refractivity contribution >= 4 is 33.1 Å². The molecule has 0 aliphatic carbocycles. The maximum atomic E-state index is 12.6. The molecule has 0 amide bonds. The van der Waals surface area contributed by atoms with E-state index in [1.807, 2.05) is 30.3 Å². The third-order valence-corrected chi connectivity index (χ3v) is 6.12. The summed E-state index contributed by atoms with van der Waals surface area (Å²) in [5, 5.41) is 4.26. The highest BCUT2D eigenvalue weighted by molar-refractivity contribution is 7.88. The molecule has 0 aliphatic heterocycles. The van der Waals surface area contributed by atoms with Crippen LogP contribution in [0.1, 0.15) is 32.0 Å². The summed E-state index contributed by atoms with van der Waals surface area (Å²) in [7, 11) is -3.25. The number of carbonyl (C=O) groups is 2. The molecule has 1 N–H and O–H groups in total. The molecule has 2 heterocycles. The Labute approximate surface area is 190 Å². The number of esters is 1. The summed E-state index contributed by atoms with van der Waals surface area (Å²) in [6, 6.07) is 12.6. The first kappa shape index (κ1) is 23.6. The molecule has 0 unspecified atom stereocenters. The molecule has 32 heavy (non-hydrogen) atoms. The van der Waals surface area contributed by atoms with Crippen molar-refractivity contribution in [3.63, 3.8) is 0 Å². The SMILES string of the molecule is CCOC(=O)c1nn(-c2ccccc2)cc1OCC(=O)c1ccc(CCNS(C)(=O)=O)s1. The Hall–Kier alpha value is -3.02. The topological polar surface area (TPSA) is 117 Å². The fraction of sp³-hybridized carbons (Fsp3) is 0.286. The van der Waals surface area contributed by atoms with Crippen molar-refractivity contribution in [1.82, 2.24) is 14.5 Å². The number of thiophene rings is 1. The molecule has 0 spiro atoms. The number of nitrogens with zero attached hydrogens (tertiary/aromatic N) is 2. The average molecular weight is 478 g/mol. The molecule has 2 aromatic heterocycles. The fourth-order valence-corrected chi connectivity index (χ4v) is 4.16. The van der Waals surface area contributed by atoms with Crippen LogP contribution in [-0.2, 0) is 21.2 Å². The van der Waals surface area contributed by atoms with E-state index in [2.05, 4.69) is 9.82 Å². The van der Waals surface area contributed by atoms with Gasteiger partial charge < -0.3 is 9.47 Å². The Morgan fingerprint density at radius 2 is 1.91 bits per heavy atom. The lowest BCUT2D eigenvalue weighted by Gasteiger charge is -2.04. The van der Waals surface area contributed by atoms with E-state index in [1.165, 1.54) is 22.2 Å².